The molecule has 0 amide bonds. The van der Waals surface area contributed by atoms with Gasteiger partial charge in [-0.1, -0.05) is 13.5 Å². The number of oxazole rings is 1. The molecule has 0 bridgehead atoms. The molecule has 2 aliphatic heterocycles. The zero-order valence-electron chi connectivity index (χ0n) is 20.3. The van der Waals surface area contributed by atoms with Crippen LogP contribution in [0.3, 0.4) is 0 Å². The first-order valence-corrected chi connectivity index (χ1v) is 11.4. The van der Waals surface area contributed by atoms with E-state index in [1.54, 1.807) is 20.4 Å². The number of aryl methyl sites for hydroxylation is 2. The number of rotatable bonds is 6. The van der Waals surface area contributed by atoms with Gasteiger partial charge in [0.15, 0.2) is 17.5 Å². The van der Waals surface area contributed by atoms with Crippen molar-refractivity contribution < 1.29 is 13.9 Å². The van der Waals surface area contributed by atoms with Crippen molar-refractivity contribution in [2.24, 2.45) is 0 Å². The number of likely N-dealkylation sites (N-methyl/N-ethyl adjacent to an activating group) is 1. The molecule has 0 saturated carbocycles. The van der Waals surface area contributed by atoms with Crippen LogP contribution in [0, 0.1) is 6.92 Å². The topological polar surface area (TPSA) is 88.8 Å². The van der Waals surface area contributed by atoms with E-state index in [4.69, 9.17) is 23.9 Å². The van der Waals surface area contributed by atoms with Crippen LogP contribution in [0.4, 0.5) is 23.1 Å². The molecule has 2 unspecified atom stereocenters. The van der Waals surface area contributed by atoms with Crippen molar-refractivity contribution in [3.05, 3.63) is 48.3 Å². The Hall–Kier alpha value is -3.59. The van der Waals surface area contributed by atoms with Crippen LogP contribution in [-0.4, -0.2) is 54.9 Å². The van der Waals surface area contributed by atoms with E-state index in [9.17, 15) is 0 Å². The maximum Gasteiger partial charge on any atom is 0.229 e. The summed E-state index contributed by atoms with van der Waals surface area (Å²) < 4.78 is 17.0. The first-order chi connectivity index (χ1) is 16.4. The summed E-state index contributed by atoms with van der Waals surface area (Å²) in [6.07, 6.45) is 3.52. The van der Waals surface area contributed by atoms with Gasteiger partial charge in [0.1, 0.15) is 11.4 Å². The zero-order valence-corrected chi connectivity index (χ0v) is 20.3. The third kappa shape index (κ3) is 3.66. The normalized spacial score (nSPS) is 19.3. The van der Waals surface area contributed by atoms with Gasteiger partial charge in [-0.3, -0.25) is 0 Å². The van der Waals surface area contributed by atoms with Crippen LogP contribution < -0.4 is 19.9 Å². The molecule has 1 N–H and O–H groups in total. The molecule has 0 radical (unpaired) electrons. The van der Waals surface area contributed by atoms with Crippen molar-refractivity contribution in [1.29, 1.82) is 0 Å². The summed E-state index contributed by atoms with van der Waals surface area (Å²) in [5.41, 5.74) is 4.69. The third-order valence-electron chi connectivity index (χ3n) is 6.64. The van der Waals surface area contributed by atoms with Crippen molar-refractivity contribution in [2.45, 2.75) is 38.8 Å². The highest BCUT2D eigenvalue weighted by molar-refractivity contribution is 5.79. The molecule has 2 aromatic heterocycles. The van der Waals surface area contributed by atoms with E-state index in [2.05, 4.69) is 33.6 Å². The molecule has 1 saturated heterocycles. The summed E-state index contributed by atoms with van der Waals surface area (Å²) in [5.74, 6) is 3.40. The molecule has 4 heterocycles. The fourth-order valence-corrected chi connectivity index (χ4v) is 4.81. The van der Waals surface area contributed by atoms with Gasteiger partial charge in [0, 0.05) is 51.5 Å². The van der Waals surface area contributed by atoms with Crippen LogP contribution in [0.2, 0.25) is 0 Å². The Morgan fingerprint density at radius 2 is 2.09 bits per heavy atom. The minimum Gasteiger partial charge on any atom is -0.496 e. The van der Waals surface area contributed by atoms with Crippen LogP contribution in [0.1, 0.15) is 24.9 Å². The SMILES string of the molecule is C=C1C2CC(OC)CN2c2nc(Nc3ccc(-c4cnc(C)o4)c(OC)c3)nc(CC)c2N1C. The van der Waals surface area contributed by atoms with Gasteiger partial charge in [0.2, 0.25) is 5.95 Å². The van der Waals surface area contributed by atoms with E-state index in [0.717, 1.165) is 53.5 Å². The zero-order chi connectivity index (χ0) is 24.0. The van der Waals surface area contributed by atoms with E-state index in [0.29, 0.717) is 23.3 Å². The molecule has 9 nitrogen and oxygen atoms in total. The van der Waals surface area contributed by atoms with Gasteiger partial charge in [-0.25, -0.2) is 9.97 Å². The summed E-state index contributed by atoms with van der Waals surface area (Å²) in [6.45, 7) is 9.06. The Balaban J connectivity index is 1.51. The molecular weight excluding hydrogens is 432 g/mol. The summed E-state index contributed by atoms with van der Waals surface area (Å²) in [6, 6.07) is 5.98. The first kappa shape index (κ1) is 22.2. The van der Waals surface area contributed by atoms with Gasteiger partial charge in [-0.2, -0.15) is 4.98 Å². The maximum absolute atomic E-state index is 5.68. The van der Waals surface area contributed by atoms with Crippen LogP contribution in [0.5, 0.6) is 5.75 Å². The highest BCUT2D eigenvalue weighted by Gasteiger charge is 2.42. The second-order valence-corrected chi connectivity index (χ2v) is 8.62. The number of anilines is 4. The molecule has 5 rings (SSSR count). The standard InChI is InChI=1S/C25H30N6O3/c1-7-19-23-24(31-13-17(32-5)11-20(31)14(2)30(23)4)29-25(28-19)27-16-8-9-18(21(10-16)33-6)22-12-26-15(3)34-22/h8-10,12,17,20H,2,7,11,13H2,1,3-6H3,(H,27,28,29). The minimum atomic E-state index is 0.147. The molecule has 9 heteroatoms. The number of fused-ring (bicyclic) bond motifs is 3. The molecule has 0 aliphatic carbocycles. The fraction of sp³-hybridized carbons (Fsp3) is 0.400. The largest absolute Gasteiger partial charge is 0.496 e. The van der Waals surface area contributed by atoms with Crippen molar-refractivity contribution >= 4 is 23.1 Å². The smallest absolute Gasteiger partial charge is 0.229 e. The number of aromatic nitrogens is 3. The Morgan fingerprint density at radius 3 is 2.76 bits per heavy atom. The maximum atomic E-state index is 5.68. The summed E-state index contributed by atoms with van der Waals surface area (Å²) in [4.78, 5) is 18.4. The molecule has 3 aromatic rings. The molecule has 1 fully saturated rings. The predicted octanol–water partition coefficient (Wildman–Crippen LogP) is 4.31. The van der Waals surface area contributed by atoms with E-state index in [1.807, 2.05) is 32.2 Å². The molecular formula is C25H30N6O3. The number of ether oxygens (including phenoxy) is 2. The van der Waals surface area contributed by atoms with Crippen LogP contribution in [-0.2, 0) is 11.2 Å². The van der Waals surface area contributed by atoms with Gasteiger partial charge in [-0.05, 0) is 18.6 Å². The fourth-order valence-electron chi connectivity index (χ4n) is 4.81. The van der Waals surface area contributed by atoms with Gasteiger partial charge < -0.3 is 29.0 Å². The number of nitrogens with zero attached hydrogens (tertiary/aromatic N) is 5. The third-order valence-corrected chi connectivity index (χ3v) is 6.64. The average Bonchev–Trinajstić information content (AvgIpc) is 3.48. The van der Waals surface area contributed by atoms with Crippen LogP contribution in [0.25, 0.3) is 11.3 Å². The summed E-state index contributed by atoms with van der Waals surface area (Å²) >= 11 is 0. The van der Waals surface area contributed by atoms with Crippen molar-refractivity contribution in [3.8, 4) is 17.1 Å². The van der Waals surface area contributed by atoms with Crippen LogP contribution >= 0.6 is 0 Å². The van der Waals surface area contributed by atoms with Crippen molar-refractivity contribution in [2.75, 3.05) is 42.9 Å². The second kappa shape index (κ2) is 8.64. The number of hydrogen-bond acceptors (Lipinski definition) is 9. The molecule has 0 spiro atoms. The number of nitrogens with one attached hydrogen (secondary N) is 1. The van der Waals surface area contributed by atoms with Crippen LogP contribution in [0.15, 0.2) is 41.1 Å². The number of hydrogen-bond donors (Lipinski definition) is 1. The van der Waals surface area contributed by atoms with Gasteiger partial charge in [0.25, 0.3) is 0 Å². The molecule has 178 valence electrons. The lowest BCUT2D eigenvalue weighted by molar-refractivity contribution is 0.119. The average molecular weight is 463 g/mol. The van der Waals surface area contributed by atoms with E-state index < -0.39 is 0 Å². The Morgan fingerprint density at radius 1 is 1.26 bits per heavy atom. The Bertz CT molecular complexity index is 1240. The Kier molecular flexibility index (Phi) is 5.65. The first-order valence-electron chi connectivity index (χ1n) is 11.4. The second-order valence-electron chi connectivity index (χ2n) is 8.62. The molecule has 2 aliphatic rings. The van der Waals surface area contributed by atoms with Gasteiger partial charge >= 0.3 is 0 Å². The minimum absolute atomic E-state index is 0.147. The lowest BCUT2D eigenvalue weighted by Gasteiger charge is -2.40. The molecule has 2 atom stereocenters. The van der Waals surface area contributed by atoms with Gasteiger partial charge in [0.05, 0.1) is 36.7 Å². The monoisotopic (exact) mass is 462 g/mol. The predicted molar refractivity (Wildman–Crippen MR) is 132 cm³/mol. The molecule has 34 heavy (non-hydrogen) atoms. The number of methoxy groups -OCH3 is 2. The molecule has 1 aromatic carbocycles. The lowest BCUT2D eigenvalue weighted by atomic mass is 10.1. The summed E-state index contributed by atoms with van der Waals surface area (Å²) in [5, 5.41) is 3.37. The van der Waals surface area contributed by atoms with E-state index in [-0.39, 0.29) is 12.1 Å². The van der Waals surface area contributed by atoms with Crippen molar-refractivity contribution in [1.82, 2.24) is 15.0 Å². The lowest BCUT2D eigenvalue weighted by Crippen LogP contribution is -2.43. The number of benzene rings is 1. The summed E-state index contributed by atoms with van der Waals surface area (Å²) in [7, 11) is 5.44. The van der Waals surface area contributed by atoms with Crippen molar-refractivity contribution in [3.63, 3.8) is 0 Å². The highest BCUT2D eigenvalue weighted by Crippen LogP contribution is 2.44. The Labute approximate surface area is 199 Å². The van der Waals surface area contributed by atoms with Gasteiger partial charge in [-0.15, -0.1) is 0 Å². The quantitative estimate of drug-likeness (QED) is 0.575. The highest BCUT2D eigenvalue weighted by atomic mass is 16.5. The van der Waals surface area contributed by atoms with E-state index >= 15 is 0 Å². The van der Waals surface area contributed by atoms with E-state index in [1.165, 1.54) is 0 Å².